The molecular formula is C50H95NO5. The van der Waals surface area contributed by atoms with Gasteiger partial charge in [-0.3, -0.25) is 9.59 Å². The van der Waals surface area contributed by atoms with Crippen LogP contribution in [-0.2, 0) is 14.3 Å². The average molecular weight is 790 g/mol. The molecule has 0 spiro atoms. The molecule has 0 radical (unpaired) electrons. The molecule has 3 N–H and O–H groups in total. The highest BCUT2D eigenvalue weighted by Crippen LogP contribution is 2.18. The Morgan fingerprint density at radius 1 is 0.518 bits per heavy atom. The molecule has 0 fully saturated rings. The zero-order chi connectivity index (χ0) is 41.0. The van der Waals surface area contributed by atoms with Crippen LogP contribution in [0, 0.1) is 0 Å². The third-order valence-corrected chi connectivity index (χ3v) is 11.3. The van der Waals surface area contributed by atoms with Crippen LogP contribution in [-0.4, -0.2) is 46.9 Å². The Kier molecular flexibility index (Phi) is 43.1. The first-order valence-electron chi connectivity index (χ1n) is 24.6. The highest BCUT2D eigenvalue weighted by Gasteiger charge is 2.24. The van der Waals surface area contributed by atoms with E-state index >= 15 is 0 Å². The number of hydrogen-bond donors (Lipinski definition) is 3. The van der Waals surface area contributed by atoms with Crippen LogP contribution in [0.1, 0.15) is 258 Å². The van der Waals surface area contributed by atoms with Crippen molar-refractivity contribution >= 4 is 11.9 Å². The third-order valence-electron chi connectivity index (χ3n) is 11.3. The molecule has 6 heteroatoms. The molecule has 1 amide bonds. The van der Waals surface area contributed by atoms with E-state index in [-0.39, 0.29) is 24.9 Å². The smallest absolute Gasteiger partial charge is 0.306 e. The van der Waals surface area contributed by atoms with Gasteiger partial charge < -0.3 is 20.3 Å². The molecule has 56 heavy (non-hydrogen) atoms. The standard InChI is InChI=1S/C50H95NO5/c1-4-7-10-13-16-19-22-24-26-27-30-33-36-39-42-48(53)47(45-52)51-49(54)44-46(41-38-35-32-29-21-18-15-12-9-6-3)56-50(55)43-40-37-34-31-28-25-23-20-17-14-11-8-5-2/h25,28,34,37,46-48,52-53H,4-24,26-27,29-33,35-36,38-45H2,1-3H3,(H,51,54)/b28-25-,37-34+. The van der Waals surface area contributed by atoms with Crippen LogP contribution in [0.15, 0.2) is 24.3 Å². The summed E-state index contributed by atoms with van der Waals surface area (Å²) in [6, 6.07) is -0.705. The van der Waals surface area contributed by atoms with Crippen LogP contribution in [0.25, 0.3) is 0 Å². The van der Waals surface area contributed by atoms with E-state index < -0.39 is 18.2 Å². The fourth-order valence-electron chi connectivity index (χ4n) is 7.54. The molecule has 3 unspecified atom stereocenters. The number of carbonyl (C=O) groups is 2. The minimum Gasteiger partial charge on any atom is -0.462 e. The Morgan fingerprint density at radius 2 is 0.911 bits per heavy atom. The number of rotatable bonds is 44. The Balaban J connectivity index is 4.56. The monoisotopic (exact) mass is 790 g/mol. The Bertz CT molecular complexity index is 889. The maximum atomic E-state index is 13.1. The fourth-order valence-corrected chi connectivity index (χ4v) is 7.54. The molecule has 0 rings (SSSR count). The number of esters is 1. The van der Waals surface area contributed by atoms with Crippen molar-refractivity contribution in [3.63, 3.8) is 0 Å². The van der Waals surface area contributed by atoms with Crippen molar-refractivity contribution in [2.24, 2.45) is 0 Å². The van der Waals surface area contributed by atoms with E-state index in [4.69, 9.17) is 4.74 Å². The number of unbranched alkanes of at least 4 members (excludes halogenated alkanes) is 28. The lowest BCUT2D eigenvalue weighted by Gasteiger charge is -2.24. The van der Waals surface area contributed by atoms with Gasteiger partial charge in [-0.15, -0.1) is 0 Å². The molecule has 330 valence electrons. The second-order valence-electron chi connectivity index (χ2n) is 16.9. The number of allylic oxidation sites excluding steroid dienone is 4. The van der Waals surface area contributed by atoms with Crippen LogP contribution in [0.4, 0.5) is 0 Å². The van der Waals surface area contributed by atoms with Gasteiger partial charge in [0.1, 0.15) is 6.10 Å². The zero-order valence-electron chi connectivity index (χ0n) is 37.5. The molecule has 6 nitrogen and oxygen atoms in total. The number of aliphatic hydroxyl groups is 2. The van der Waals surface area contributed by atoms with Gasteiger partial charge in [-0.05, 0) is 44.9 Å². The van der Waals surface area contributed by atoms with Crippen molar-refractivity contribution in [3.8, 4) is 0 Å². The van der Waals surface area contributed by atoms with E-state index in [9.17, 15) is 19.8 Å². The summed E-state index contributed by atoms with van der Waals surface area (Å²) < 4.78 is 5.87. The van der Waals surface area contributed by atoms with E-state index in [0.717, 1.165) is 51.4 Å². The van der Waals surface area contributed by atoms with E-state index in [1.54, 1.807) is 0 Å². The summed E-state index contributed by atoms with van der Waals surface area (Å²) in [5, 5.41) is 23.7. The fraction of sp³-hybridized carbons (Fsp3) is 0.880. The molecule has 0 aliphatic heterocycles. The molecule has 0 aromatic heterocycles. The summed E-state index contributed by atoms with van der Waals surface area (Å²) in [4.78, 5) is 26.0. The Hall–Kier alpha value is -1.66. The molecule has 0 aliphatic rings. The van der Waals surface area contributed by atoms with E-state index in [1.165, 1.54) is 154 Å². The highest BCUT2D eigenvalue weighted by molar-refractivity contribution is 5.77. The molecule has 3 atom stereocenters. The lowest BCUT2D eigenvalue weighted by molar-refractivity contribution is -0.150. The number of ether oxygens (including phenoxy) is 1. The first kappa shape index (κ1) is 54.3. The predicted octanol–water partition coefficient (Wildman–Crippen LogP) is 14.3. The molecule has 0 heterocycles. The zero-order valence-corrected chi connectivity index (χ0v) is 37.5. The van der Waals surface area contributed by atoms with Gasteiger partial charge in [0.25, 0.3) is 0 Å². The predicted molar refractivity (Wildman–Crippen MR) is 241 cm³/mol. The van der Waals surface area contributed by atoms with Crippen molar-refractivity contribution in [3.05, 3.63) is 24.3 Å². The molecular weight excluding hydrogens is 695 g/mol. The molecule has 0 bridgehead atoms. The summed E-state index contributed by atoms with van der Waals surface area (Å²) in [7, 11) is 0. The van der Waals surface area contributed by atoms with Crippen LogP contribution >= 0.6 is 0 Å². The first-order chi connectivity index (χ1) is 27.5. The topological polar surface area (TPSA) is 95.9 Å². The lowest BCUT2D eigenvalue weighted by atomic mass is 10.0. The summed E-state index contributed by atoms with van der Waals surface area (Å²) in [6.45, 7) is 6.46. The van der Waals surface area contributed by atoms with Gasteiger partial charge in [0.15, 0.2) is 0 Å². The normalized spacial score (nSPS) is 13.4. The molecule has 0 aliphatic carbocycles. The van der Waals surface area contributed by atoms with Crippen LogP contribution in [0.3, 0.4) is 0 Å². The third kappa shape index (κ3) is 39.2. The van der Waals surface area contributed by atoms with Gasteiger partial charge in [0.2, 0.25) is 5.91 Å². The minimum atomic E-state index is -0.790. The van der Waals surface area contributed by atoms with Crippen molar-refractivity contribution in [1.82, 2.24) is 5.32 Å². The molecule has 0 saturated heterocycles. The van der Waals surface area contributed by atoms with Crippen molar-refractivity contribution in [2.75, 3.05) is 6.61 Å². The molecule has 0 saturated carbocycles. The summed E-state index contributed by atoms with van der Waals surface area (Å²) in [5.41, 5.74) is 0. The second kappa shape index (κ2) is 44.4. The summed E-state index contributed by atoms with van der Waals surface area (Å²) >= 11 is 0. The maximum absolute atomic E-state index is 13.1. The number of aliphatic hydroxyl groups excluding tert-OH is 2. The molecule has 0 aromatic carbocycles. The van der Waals surface area contributed by atoms with Crippen LogP contribution in [0.5, 0.6) is 0 Å². The Labute approximate surface area is 348 Å². The van der Waals surface area contributed by atoms with Gasteiger partial charge in [0.05, 0.1) is 25.2 Å². The Morgan fingerprint density at radius 3 is 1.36 bits per heavy atom. The van der Waals surface area contributed by atoms with Crippen LogP contribution < -0.4 is 5.32 Å². The quantitative estimate of drug-likeness (QED) is 0.0324. The van der Waals surface area contributed by atoms with Crippen molar-refractivity contribution in [2.45, 2.75) is 277 Å². The van der Waals surface area contributed by atoms with Gasteiger partial charge in [-0.2, -0.15) is 0 Å². The number of nitrogens with one attached hydrogen (secondary N) is 1. The van der Waals surface area contributed by atoms with Crippen molar-refractivity contribution < 1.29 is 24.5 Å². The van der Waals surface area contributed by atoms with Gasteiger partial charge >= 0.3 is 5.97 Å². The van der Waals surface area contributed by atoms with Gasteiger partial charge in [-0.25, -0.2) is 0 Å². The maximum Gasteiger partial charge on any atom is 0.306 e. The van der Waals surface area contributed by atoms with Gasteiger partial charge in [-0.1, -0.05) is 225 Å². The number of amides is 1. The number of carbonyl (C=O) groups excluding carboxylic acids is 2. The highest BCUT2D eigenvalue weighted by atomic mass is 16.5. The van der Waals surface area contributed by atoms with E-state index in [2.05, 4.69) is 44.3 Å². The second-order valence-corrected chi connectivity index (χ2v) is 16.9. The first-order valence-corrected chi connectivity index (χ1v) is 24.6. The van der Waals surface area contributed by atoms with E-state index in [1.807, 2.05) is 6.08 Å². The molecule has 0 aromatic rings. The summed E-state index contributed by atoms with van der Waals surface area (Å²) in [5.74, 6) is -0.545. The largest absolute Gasteiger partial charge is 0.462 e. The lowest BCUT2D eigenvalue weighted by Crippen LogP contribution is -2.46. The SMILES string of the molecule is CCCCCCCC/C=C\C/C=C/CCC(=O)OC(CCCCCCCCCCCC)CC(=O)NC(CO)C(O)CCCCCCCCCCCCCCCC. The van der Waals surface area contributed by atoms with Crippen molar-refractivity contribution in [1.29, 1.82) is 0 Å². The van der Waals surface area contributed by atoms with Crippen LogP contribution in [0.2, 0.25) is 0 Å². The summed E-state index contributed by atoms with van der Waals surface area (Å²) in [6.07, 6.45) is 49.6. The average Bonchev–Trinajstić information content (AvgIpc) is 3.19. The minimum absolute atomic E-state index is 0.0600. The number of hydrogen-bond acceptors (Lipinski definition) is 5. The van der Waals surface area contributed by atoms with Gasteiger partial charge in [0, 0.05) is 6.42 Å². The van der Waals surface area contributed by atoms with E-state index in [0.29, 0.717) is 25.7 Å².